The molecule has 0 radical (unpaired) electrons. The van der Waals surface area contributed by atoms with Crippen LogP contribution in [0.5, 0.6) is 0 Å². The van der Waals surface area contributed by atoms with Gasteiger partial charge in [-0.05, 0) is 56.6 Å². The highest BCUT2D eigenvalue weighted by Gasteiger charge is 2.26. The van der Waals surface area contributed by atoms with Gasteiger partial charge in [0.2, 0.25) is 0 Å². The van der Waals surface area contributed by atoms with Crippen molar-refractivity contribution < 1.29 is 0 Å². The van der Waals surface area contributed by atoms with Gasteiger partial charge < -0.3 is 5.73 Å². The van der Waals surface area contributed by atoms with Crippen molar-refractivity contribution in [3.05, 3.63) is 94.6 Å². The largest absolute Gasteiger partial charge is 0.321 e. The van der Waals surface area contributed by atoms with Gasteiger partial charge in [-0.15, -0.1) is 0 Å². The summed E-state index contributed by atoms with van der Waals surface area (Å²) in [5, 5.41) is 0. The fourth-order valence-corrected chi connectivity index (χ4v) is 3.74. The van der Waals surface area contributed by atoms with Gasteiger partial charge in [-0.2, -0.15) is 0 Å². The van der Waals surface area contributed by atoms with E-state index in [0.29, 0.717) is 5.41 Å². The van der Waals surface area contributed by atoms with Gasteiger partial charge in [0, 0.05) is 6.04 Å². The molecular weight excluding hydrogens is 326 g/mol. The van der Waals surface area contributed by atoms with Crippen LogP contribution in [0.15, 0.2) is 89.1 Å². The molecule has 2 N–H and O–H groups in total. The van der Waals surface area contributed by atoms with Crippen molar-refractivity contribution in [2.24, 2.45) is 11.1 Å². The van der Waals surface area contributed by atoms with Gasteiger partial charge in [0.15, 0.2) is 0 Å². The summed E-state index contributed by atoms with van der Waals surface area (Å²) in [6, 6.07) is 10.1. The Morgan fingerprint density at radius 2 is 1.78 bits per heavy atom. The van der Waals surface area contributed by atoms with E-state index in [-0.39, 0.29) is 6.04 Å². The first-order valence-electron chi connectivity index (χ1n) is 10.0. The minimum atomic E-state index is -0.0655. The minimum Gasteiger partial charge on any atom is -0.321 e. The van der Waals surface area contributed by atoms with E-state index in [1.54, 1.807) is 5.57 Å². The SMILES string of the molecule is CC(C=CC1=C(C)CCCC1(C)C)=CC=CC(C)=CC(N)c1ccccc1. The second-order valence-electron chi connectivity index (χ2n) is 8.38. The molecule has 1 atom stereocenters. The van der Waals surface area contributed by atoms with Crippen LogP contribution in [0.2, 0.25) is 0 Å². The Hall–Kier alpha value is -2.12. The van der Waals surface area contributed by atoms with E-state index in [1.807, 2.05) is 18.2 Å². The van der Waals surface area contributed by atoms with Crippen LogP contribution < -0.4 is 5.73 Å². The van der Waals surface area contributed by atoms with Crippen molar-refractivity contribution in [1.29, 1.82) is 0 Å². The molecular formula is C26H35N. The van der Waals surface area contributed by atoms with Crippen LogP contribution in [-0.4, -0.2) is 0 Å². The number of hydrogen-bond acceptors (Lipinski definition) is 1. The Bertz CT molecular complexity index is 770. The summed E-state index contributed by atoms with van der Waals surface area (Å²) in [6.45, 7) is 11.2. The van der Waals surface area contributed by atoms with Crippen LogP contribution in [0, 0.1) is 5.41 Å². The van der Waals surface area contributed by atoms with Crippen molar-refractivity contribution in [2.75, 3.05) is 0 Å². The van der Waals surface area contributed by atoms with Gasteiger partial charge >= 0.3 is 0 Å². The molecule has 1 aliphatic carbocycles. The fraction of sp³-hybridized carbons (Fsp3) is 0.385. The number of allylic oxidation sites excluding steroid dienone is 9. The molecule has 0 aromatic heterocycles. The number of rotatable bonds is 6. The molecule has 1 aromatic rings. The van der Waals surface area contributed by atoms with Crippen molar-refractivity contribution in [2.45, 2.75) is 59.9 Å². The third kappa shape index (κ3) is 6.52. The van der Waals surface area contributed by atoms with E-state index in [9.17, 15) is 0 Å². The number of hydrogen-bond donors (Lipinski definition) is 1. The lowest BCUT2D eigenvalue weighted by Crippen LogP contribution is -2.19. The summed E-state index contributed by atoms with van der Waals surface area (Å²) >= 11 is 0. The van der Waals surface area contributed by atoms with Crippen LogP contribution >= 0.6 is 0 Å². The highest BCUT2D eigenvalue weighted by molar-refractivity contribution is 5.37. The zero-order valence-corrected chi connectivity index (χ0v) is 17.6. The summed E-state index contributed by atoms with van der Waals surface area (Å²) in [5.41, 5.74) is 13.2. The molecule has 144 valence electrons. The molecule has 1 nitrogen and oxygen atoms in total. The topological polar surface area (TPSA) is 26.0 Å². The maximum Gasteiger partial charge on any atom is 0.0486 e. The molecule has 0 amide bonds. The summed E-state index contributed by atoms with van der Waals surface area (Å²) in [7, 11) is 0. The molecule has 0 spiro atoms. The Morgan fingerprint density at radius 1 is 1.07 bits per heavy atom. The summed E-state index contributed by atoms with van der Waals surface area (Å²) in [6.07, 6.45) is 16.9. The van der Waals surface area contributed by atoms with Crippen molar-refractivity contribution >= 4 is 0 Å². The molecule has 0 heterocycles. The van der Waals surface area contributed by atoms with Gasteiger partial charge in [0.25, 0.3) is 0 Å². The van der Waals surface area contributed by atoms with Crippen molar-refractivity contribution in [1.82, 2.24) is 0 Å². The van der Waals surface area contributed by atoms with Crippen LogP contribution in [0.4, 0.5) is 0 Å². The van der Waals surface area contributed by atoms with Crippen LogP contribution in [0.1, 0.15) is 65.5 Å². The fourth-order valence-electron chi connectivity index (χ4n) is 3.74. The quantitative estimate of drug-likeness (QED) is 0.532. The third-order valence-corrected chi connectivity index (χ3v) is 5.40. The zero-order valence-electron chi connectivity index (χ0n) is 17.6. The predicted octanol–water partition coefficient (Wildman–Crippen LogP) is 7.22. The average molecular weight is 362 g/mol. The van der Waals surface area contributed by atoms with E-state index in [0.717, 1.165) is 5.56 Å². The maximum absolute atomic E-state index is 6.25. The molecule has 27 heavy (non-hydrogen) atoms. The van der Waals surface area contributed by atoms with Crippen molar-refractivity contribution in [3.63, 3.8) is 0 Å². The summed E-state index contributed by atoms with van der Waals surface area (Å²) in [5.74, 6) is 0. The first kappa shape index (κ1) is 21.2. The smallest absolute Gasteiger partial charge is 0.0486 e. The molecule has 1 unspecified atom stereocenters. The van der Waals surface area contributed by atoms with E-state index in [1.165, 1.54) is 36.0 Å². The van der Waals surface area contributed by atoms with Crippen molar-refractivity contribution in [3.8, 4) is 0 Å². The second-order valence-corrected chi connectivity index (χ2v) is 8.38. The van der Waals surface area contributed by atoms with Gasteiger partial charge in [-0.1, -0.05) is 97.4 Å². The molecule has 2 rings (SSSR count). The van der Waals surface area contributed by atoms with E-state index < -0.39 is 0 Å². The molecule has 1 aliphatic rings. The first-order chi connectivity index (χ1) is 12.8. The predicted molar refractivity (Wildman–Crippen MR) is 119 cm³/mol. The molecule has 0 saturated heterocycles. The lowest BCUT2D eigenvalue weighted by molar-refractivity contribution is 0.377. The minimum absolute atomic E-state index is 0.0655. The monoisotopic (exact) mass is 361 g/mol. The van der Waals surface area contributed by atoms with Crippen LogP contribution in [-0.2, 0) is 0 Å². The highest BCUT2D eigenvalue weighted by Crippen LogP contribution is 2.40. The van der Waals surface area contributed by atoms with Gasteiger partial charge in [0.1, 0.15) is 0 Å². The number of benzene rings is 1. The Kier molecular flexibility index (Phi) is 7.62. The Balaban J connectivity index is 2.01. The summed E-state index contributed by atoms with van der Waals surface area (Å²) in [4.78, 5) is 0. The van der Waals surface area contributed by atoms with E-state index in [4.69, 9.17) is 5.73 Å². The first-order valence-corrected chi connectivity index (χ1v) is 10.0. The van der Waals surface area contributed by atoms with Crippen LogP contribution in [0.3, 0.4) is 0 Å². The second kappa shape index (κ2) is 9.71. The Morgan fingerprint density at radius 3 is 2.44 bits per heavy atom. The Labute approximate surface area is 166 Å². The molecule has 0 bridgehead atoms. The van der Waals surface area contributed by atoms with E-state index >= 15 is 0 Å². The maximum atomic E-state index is 6.25. The van der Waals surface area contributed by atoms with Crippen LogP contribution in [0.25, 0.3) is 0 Å². The lowest BCUT2D eigenvalue weighted by atomic mass is 9.72. The van der Waals surface area contributed by atoms with E-state index in [2.05, 4.69) is 83.2 Å². The lowest BCUT2D eigenvalue weighted by Gasteiger charge is -2.32. The standard InChI is InChI=1S/C26H35N/c1-20(16-17-24-22(3)13-10-18-26(24,4)5)11-9-12-21(2)19-25(27)23-14-7-6-8-15-23/h6-9,11-12,14-17,19,25H,10,13,18,27H2,1-5H3. The average Bonchev–Trinajstić information content (AvgIpc) is 2.61. The third-order valence-electron chi connectivity index (χ3n) is 5.40. The number of nitrogens with two attached hydrogens (primary N) is 1. The zero-order chi connectivity index (χ0) is 19.9. The molecule has 1 heteroatoms. The molecule has 1 aromatic carbocycles. The highest BCUT2D eigenvalue weighted by atomic mass is 14.6. The summed E-state index contributed by atoms with van der Waals surface area (Å²) < 4.78 is 0. The normalized spacial score (nSPS) is 19.9. The van der Waals surface area contributed by atoms with Gasteiger partial charge in [-0.25, -0.2) is 0 Å². The molecule has 0 fully saturated rings. The van der Waals surface area contributed by atoms with Gasteiger partial charge in [0.05, 0.1) is 0 Å². The molecule has 0 saturated carbocycles. The molecule has 0 aliphatic heterocycles. The van der Waals surface area contributed by atoms with Gasteiger partial charge in [-0.3, -0.25) is 0 Å².